The van der Waals surface area contributed by atoms with Gasteiger partial charge in [-0.3, -0.25) is 4.79 Å². The van der Waals surface area contributed by atoms with Crippen LogP contribution in [0.2, 0.25) is 5.02 Å². The van der Waals surface area contributed by atoms with E-state index in [2.05, 4.69) is 35.3 Å². The molecule has 1 aromatic carbocycles. The Labute approximate surface area is 157 Å². The number of allylic oxidation sites excluding steroid dienone is 1. The van der Waals surface area contributed by atoms with Crippen LogP contribution in [0.3, 0.4) is 0 Å². The summed E-state index contributed by atoms with van der Waals surface area (Å²) >= 11 is 7.88. The van der Waals surface area contributed by atoms with Gasteiger partial charge in [0.1, 0.15) is 5.02 Å². The van der Waals surface area contributed by atoms with E-state index in [9.17, 15) is 4.79 Å². The van der Waals surface area contributed by atoms with Crippen LogP contribution >= 0.6 is 23.4 Å². The maximum atomic E-state index is 12.0. The van der Waals surface area contributed by atoms with Gasteiger partial charge in [0.15, 0.2) is 0 Å². The molecule has 2 nitrogen and oxygen atoms in total. The molecular formula is C21H22ClNOS. The van der Waals surface area contributed by atoms with Crippen molar-refractivity contribution in [3.63, 3.8) is 0 Å². The van der Waals surface area contributed by atoms with Crippen molar-refractivity contribution in [2.75, 3.05) is 0 Å². The van der Waals surface area contributed by atoms with Gasteiger partial charge in [-0.15, -0.1) is 11.8 Å². The molecule has 0 radical (unpaired) electrons. The van der Waals surface area contributed by atoms with Gasteiger partial charge in [0.05, 0.1) is 0 Å². The topological polar surface area (TPSA) is 32.9 Å². The Hall–Kier alpha value is -1.45. The number of H-pyrrole nitrogens is 1. The normalized spacial score (nSPS) is 18.7. The molecule has 4 rings (SSSR count). The third kappa shape index (κ3) is 4.21. The van der Waals surface area contributed by atoms with E-state index in [0.717, 1.165) is 22.1 Å². The summed E-state index contributed by atoms with van der Waals surface area (Å²) in [5.74, 6) is 0.592. The first kappa shape index (κ1) is 17.0. The Morgan fingerprint density at radius 3 is 2.40 bits per heavy atom. The lowest BCUT2D eigenvalue weighted by Crippen LogP contribution is -2.09. The first-order valence-electron chi connectivity index (χ1n) is 9.07. The molecule has 1 heterocycles. The second kappa shape index (κ2) is 7.43. The zero-order chi connectivity index (χ0) is 17.2. The molecule has 2 saturated carbocycles. The molecule has 0 spiro atoms. The Morgan fingerprint density at radius 2 is 1.76 bits per heavy atom. The predicted octanol–water partition coefficient (Wildman–Crippen LogP) is 5.90. The van der Waals surface area contributed by atoms with Gasteiger partial charge >= 0.3 is 0 Å². The molecule has 0 amide bonds. The van der Waals surface area contributed by atoms with E-state index >= 15 is 0 Å². The van der Waals surface area contributed by atoms with Crippen molar-refractivity contribution < 1.29 is 0 Å². The molecule has 0 bridgehead atoms. The third-order valence-corrected chi connectivity index (χ3v) is 6.59. The van der Waals surface area contributed by atoms with Crippen LogP contribution in [-0.2, 0) is 0 Å². The van der Waals surface area contributed by atoms with Crippen LogP contribution in [0.25, 0.3) is 5.57 Å². The van der Waals surface area contributed by atoms with Gasteiger partial charge in [0.25, 0.3) is 5.56 Å². The fraction of sp³-hybridized carbons (Fsp3) is 0.381. The van der Waals surface area contributed by atoms with E-state index in [1.807, 2.05) is 17.8 Å². The summed E-state index contributed by atoms with van der Waals surface area (Å²) < 4.78 is 0. The minimum absolute atomic E-state index is 0.225. The zero-order valence-electron chi connectivity index (χ0n) is 14.1. The van der Waals surface area contributed by atoms with Gasteiger partial charge in [-0.2, -0.15) is 0 Å². The zero-order valence-corrected chi connectivity index (χ0v) is 15.7. The summed E-state index contributed by atoms with van der Waals surface area (Å²) in [5, 5.41) is 1.05. The quantitative estimate of drug-likeness (QED) is 0.709. The van der Waals surface area contributed by atoms with Crippen molar-refractivity contribution in [1.29, 1.82) is 0 Å². The van der Waals surface area contributed by atoms with E-state index in [-0.39, 0.29) is 10.6 Å². The maximum Gasteiger partial charge on any atom is 0.267 e. The minimum Gasteiger partial charge on any atom is -0.321 e. The highest BCUT2D eigenvalue weighted by molar-refractivity contribution is 8.00. The Kier molecular flexibility index (Phi) is 5.05. The molecule has 1 N–H and O–H groups in total. The van der Waals surface area contributed by atoms with Crippen LogP contribution < -0.4 is 5.56 Å². The Balaban J connectivity index is 1.68. The molecule has 0 atom stereocenters. The van der Waals surface area contributed by atoms with E-state index in [0.29, 0.717) is 5.92 Å². The molecule has 4 heteroatoms. The van der Waals surface area contributed by atoms with Crippen molar-refractivity contribution in [1.82, 2.24) is 4.98 Å². The van der Waals surface area contributed by atoms with Crippen LogP contribution in [-0.4, -0.2) is 10.2 Å². The predicted molar refractivity (Wildman–Crippen MR) is 106 cm³/mol. The van der Waals surface area contributed by atoms with Gasteiger partial charge in [0, 0.05) is 21.4 Å². The van der Waals surface area contributed by atoms with Crippen LogP contribution in [0.4, 0.5) is 0 Å². The van der Waals surface area contributed by atoms with Crippen LogP contribution in [0.15, 0.2) is 52.2 Å². The molecule has 1 aromatic heterocycles. The van der Waals surface area contributed by atoms with Crippen molar-refractivity contribution in [2.24, 2.45) is 5.92 Å². The SMILES string of the molecule is O=c1[nH]c(/C(=C/C2CCCC2)c2ccc(SC3CC3)cc2)ccc1Cl. The van der Waals surface area contributed by atoms with Crippen LogP contribution in [0, 0.1) is 5.92 Å². The van der Waals surface area contributed by atoms with Crippen LogP contribution in [0.5, 0.6) is 0 Å². The fourth-order valence-electron chi connectivity index (χ4n) is 3.41. The summed E-state index contributed by atoms with van der Waals surface area (Å²) in [4.78, 5) is 16.3. The van der Waals surface area contributed by atoms with Gasteiger partial charge in [-0.25, -0.2) is 0 Å². The Morgan fingerprint density at radius 1 is 1.04 bits per heavy atom. The monoisotopic (exact) mass is 371 g/mol. The van der Waals surface area contributed by atoms with Gasteiger partial charge in [-0.05, 0) is 61.4 Å². The maximum absolute atomic E-state index is 12.0. The lowest BCUT2D eigenvalue weighted by molar-refractivity contribution is 0.687. The number of hydrogen-bond acceptors (Lipinski definition) is 2. The standard InChI is InChI=1S/C21H22ClNOS/c22-19-11-12-20(23-21(19)24)18(13-14-3-1-2-4-14)15-5-7-16(8-6-15)25-17-9-10-17/h5-8,11-14,17H,1-4,9-10H2,(H,23,24)/b18-13+. The van der Waals surface area contributed by atoms with Crippen molar-refractivity contribution >= 4 is 28.9 Å². The van der Waals surface area contributed by atoms with E-state index in [1.54, 1.807) is 6.07 Å². The molecule has 2 aliphatic rings. The number of hydrogen-bond donors (Lipinski definition) is 1. The number of aromatic nitrogens is 1. The molecule has 2 fully saturated rings. The molecule has 2 aliphatic carbocycles. The van der Waals surface area contributed by atoms with Crippen molar-refractivity contribution in [2.45, 2.75) is 48.7 Å². The summed E-state index contributed by atoms with van der Waals surface area (Å²) in [6, 6.07) is 12.4. The molecule has 25 heavy (non-hydrogen) atoms. The first-order valence-corrected chi connectivity index (χ1v) is 10.3. The highest BCUT2D eigenvalue weighted by atomic mass is 35.5. The van der Waals surface area contributed by atoms with E-state index in [1.165, 1.54) is 43.4 Å². The second-order valence-corrected chi connectivity index (χ2v) is 8.80. The largest absolute Gasteiger partial charge is 0.321 e. The van der Waals surface area contributed by atoms with Crippen LogP contribution in [0.1, 0.15) is 49.8 Å². The number of thioether (sulfide) groups is 1. The van der Waals surface area contributed by atoms with Crippen molar-refractivity contribution in [3.8, 4) is 0 Å². The van der Waals surface area contributed by atoms with E-state index in [4.69, 9.17) is 11.6 Å². The first-order chi connectivity index (χ1) is 12.2. The summed E-state index contributed by atoms with van der Waals surface area (Å²) in [6.45, 7) is 0. The number of pyridine rings is 1. The van der Waals surface area contributed by atoms with E-state index < -0.39 is 0 Å². The lowest BCUT2D eigenvalue weighted by atomic mass is 9.96. The Bertz CT molecular complexity index is 830. The van der Waals surface area contributed by atoms with Gasteiger partial charge in [-0.1, -0.05) is 42.7 Å². The average Bonchev–Trinajstić information content (AvgIpc) is 3.28. The van der Waals surface area contributed by atoms with Gasteiger partial charge in [0.2, 0.25) is 0 Å². The highest BCUT2D eigenvalue weighted by Crippen LogP contribution is 2.39. The summed E-state index contributed by atoms with van der Waals surface area (Å²) in [5.41, 5.74) is 2.90. The average molecular weight is 372 g/mol. The minimum atomic E-state index is -0.225. The summed E-state index contributed by atoms with van der Waals surface area (Å²) in [7, 11) is 0. The number of halogens is 1. The highest BCUT2D eigenvalue weighted by Gasteiger charge is 2.22. The molecule has 130 valence electrons. The van der Waals surface area contributed by atoms with Gasteiger partial charge < -0.3 is 4.98 Å². The van der Waals surface area contributed by atoms with Crippen molar-refractivity contribution in [3.05, 3.63) is 69.1 Å². The second-order valence-electron chi connectivity index (χ2n) is 7.02. The number of nitrogens with one attached hydrogen (secondary N) is 1. The molecule has 2 aromatic rings. The molecule has 0 saturated heterocycles. The lowest BCUT2D eigenvalue weighted by Gasteiger charge is -2.12. The fourth-order valence-corrected chi connectivity index (χ4v) is 4.57. The molecular weight excluding hydrogens is 350 g/mol. The third-order valence-electron chi connectivity index (χ3n) is 4.95. The number of aromatic amines is 1. The summed E-state index contributed by atoms with van der Waals surface area (Å²) in [6.07, 6.45) is 10.1. The molecule has 0 unspecified atom stereocenters. The number of benzene rings is 1. The smallest absolute Gasteiger partial charge is 0.267 e. The number of rotatable bonds is 5. The molecule has 0 aliphatic heterocycles.